The normalized spacial score (nSPS) is 11.8. The second-order valence-electron chi connectivity index (χ2n) is 9.63. The molecule has 0 saturated carbocycles. The molecule has 1 N–H and O–H groups in total. The number of benzene rings is 3. The van der Waals surface area contributed by atoms with Crippen LogP contribution in [0.25, 0.3) is 0 Å². The molecule has 0 saturated heterocycles. The van der Waals surface area contributed by atoms with E-state index in [0.29, 0.717) is 18.5 Å². The van der Waals surface area contributed by atoms with Crippen molar-refractivity contribution in [2.45, 2.75) is 53.1 Å². The van der Waals surface area contributed by atoms with E-state index in [1.807, 2.05) is 70.2 Å². The smallest absolute Gasteiger partial charge is 0.243 e. The molecule has 0 aliphatic rings. The Balaban J connectivity index is 1.98. The SMILES string of the molecule is Cc1cc(C)cc(CC(=O)N(Cc2ccccc2F)[C@H](Cc2ccccc2)C(=O)NCC(C)C)c1. The average Bonchev–Trinajstić information content (AvgIpc) is 2.80. The number of hydrogen-bond donors (Lipinski definition) is 1. The summed E-state index contributed by atoms with van der Waals surface area (Å²) in [6.07, 6.45) is 0.484. The van der Waals surface area contributed by atoms with E-state index in [-0.39, 0.29) is 30.7 Å². The van der Waals surface area contributed by atoms with Gasteiger partial charge in [0.25, 0.3) is 0 Å². The Morgan fingerprint density at radius 2 is 1.51 bits per heavy atom. The molecule has 4 nitrogen and oxygen atoms in total. The lowest BCUT2D eigenvalue weighted by Gasteiger charge is -2.32. The minimum Gasteiger partial charge on any atom is -0.354 e. The van der Waals surface area contributed by atoms with E-state index < -0.39 is 11.9 Å². The fourth-order valence-electron chi connectivity index (χ4n) is 4.23. The first kappa shape index (κ1) is 26.1. The molecule has 0 aliphatic carbocycles. The van der Waals surface area contributed by atoms with Crippen molar-refractivity contribution in [2.24, 2.45) is 5.92 Å². The van der Waals surface area contributed by atoms with Crippen LogP contribution in [0.3, 0.4) is 0 Å². The summed E-state index contributed by atoms with van der Waals surface area (Å²) in [6.45, 7) is 8.56. The molecule has 0 spiro atoms. The van der Waals surface area contributed by atoms with E-state index in [4.69, 9.17) is 0 Å². The van der Waals surface area contributed by atoms with Crippen LogP contribution in [-0.2, 0) is 29.0 Å². The maximum absolute atomic E-state index is 14.7. The molecular formula is C30H35FN2O2. The number of aryl methyl sites for hydroxylation is 2. The molecule has 0 heterocycles. The first-order valence-corrected chi connectivity index (χ1v) is 12.1. The largest absolute Gasteiger partial charge is 0.354 e. The second kappa shape index (κ2) is 12.3. The highest BCUT2D eigenvalue weighted by Crippen LogP contribution is 2.19. The second-order valence-corrected chi connectivity index (χ2v) is 9.63. The molecule has 3 aromatic rings. The Morgan fingerprint density at radius 3 is 2.14 bits per heavy atom. The average molecular weight is 475 g/mol. The number of hydrogen-bond acceptors (Lipinski definition) is 2. The topological polar surface area (TPSA) is 49.4 Å². The van der Waals surface area contributed by atoms with Gasteiger partial charge in [0, 0.05) is 25.1 Å². The van der Waals surface area contributed by atoms with Gasteiger partial charge in [0.15, 0.2) is 0 Å². The lowest BCUT2D eigenvalue weighted by molar-refractivity contribution is -0.140. The molecule has 3 aromatic carbocycles. The van der Waals surface area contributed by atoms with Gasteiger partial charge in [-0.15, -0.1) is 0 Å². The zero-order valence-electron chi connectivity index (χ0n) is 21.1. The number of carbonyl (C=O) groups excluding carboxylic acids is 2. The fraction of sp³-hybridized carbons (Fsp3) is 0.333. The van der Waals surface area contributed by atoms with Crippen molar-refractivity contribution in [2.75, 3.05) is 6.54 Å². The van der Waals surface area contributed by atoms with Crippen LogP contribution in [0.1, 0.15) is 41.7 Å². The van der Waals surface area contributed by atoms with Gasteiger partial charge < -0.3 is 10.2 Å². The van der Waals surface area contributed by atoms with Crippen molar-refractivity contribution < 1.29 is 14.0 Å². The van der Waals surface area contributed by atoms with Crippen LogP contribution in [-0.4, -0.2) is 29.3 Å². The summed E-state index contributed by atoms with van der Waals surface area (Å²) in [5, 5.41) is 2.99. The van der Waals surface area contributed by atoms with Gasteiger partial charge in [-0.1, -0.05) is 91.7 Å². The van der Waals surface area contributed by atoms with E-state index in [1.54, 1.807) is 23.1 Å². The molecule has 5 heteroatoms. The minimum absolute atomic E-state index is 0.0168. The fourth-order valence-corrected chi connectivity index (χ4v) is 4.23. The Morgan fingerprint density at radius 1 is 0.886 bits per heavy atom. The standard InChI is InChI=1S/C30H35FN2O2/c1-21(2)19-32-30(35)28(17-24-10-6-5-7-11-24)33(20-26-12-8-9-13-27(26)31)29(34)18-25-15-22(3)14-23(4)16-25/h5-16,21,28H,17-20H2,1-4H3,(H,32,35)/t28-/m1/s1. The lowest BCUT2D eigenvalue weighted by Crippen LogP contribution is -2.51. The Hall–Kier alpha value is -3.47. The molecule has 0 bridgehead atoms. The summed E-state index contributed by atoms with van der Waals surface area (Å²) in [6, 6.07) is 21.3. The maximum Gasteiger partial charge on any atom is 0.243 e. The first-order valence-electron chi connectivity index (χ1n) is 12.1. The van der Waals surface area contributed by atoms with Gasteiger partial charge in [-0.2, -0.15) is 0 Å². The predicted molar refractivity (Wildman–Crippen MR) is 138 cm³/mol. The van der Waals surface area contributed by atoms with E-state index in [9.17, 15) is 14.0 Å². The van der Waals surface area contributed by atoms with Crippen LogP contribution >= 0.6 is 0 Å². The third-order valence-corrected chi connectivity index (χ3v) is 5.89. The van der Waals surface area contributed by atoms with Gasteiger partial charge in [0.05, 0.1) is 6.42 Å². The van der Waals surface area contributed by atoms with Gasteiger partial charge in [-0.25, -0.2) is 4.39 Å². The van der Waals surface area contributed by atoms with Gasteiger partial charge in [0.2, 0.25) is 11.8 Å². The van der Waals surface area contributed by atoms with Crippen molar-refractivity contribution in [1.82, 2.24) is 10.2 Å². The van der Waals surface area contributed by atoms with Crippen LogP contribution in [0.4, 0.5) is 4.39 Å². The van der Waals surface area contributed by atoms with E-state index in [0.717, 1.165) is 22.3 Å². The van der Waals surface area contributed by atoms with Crippen LogP contribution in [0.2, 0.25) is 0 Å². The van der Waals surface area contributed by atoms with E-state index >= 15 is 0 Å². The van der Waals surface area contributed by atoms with E-state index in [2.05, 4.69) is 11.4 Å². The van der Waals surface area contributed by atoms with Crippen LogP contribution in [0.5, 0.6) is 0 Å². The Kier molecular flexibility index (Phi) is 9.18. The zero-order valence-corrected chi connectivity index (χ0v) is 21.1. The lowest BCUT2D eigenvalue weighted by atomic mass is 10.00. The summed E-state index contributed by atoms with van der Waals surface area (Å²) < 4.78 is 14.7. The number of halogens is 1. The van der Waals surface area contributed by atoms with Gasteiger partial charge >= 0.3 is 0 Å². The monoisotopic (exact) mass is 474 g/mol. The van der Waals surface area contributed by atoms with Crippen molar-refractivity contribution in [3.8, 4) is 0 Å². The summed E-state index contributed by atoms with van der Waals surface area (Å²) >= 11 is 0. The number of nitrogens with one attached hydrogen (secondary N) is 1. The molecule has 0 aromatic heterocycles. The van der Waals surface area contributed by atoms with Gasteiger partial charge in [-0.3, -0.25) is 9.59 Å². The highest BCUT2D eigenvalue weighted by molar-refractivity contribution is 5.88. The summed E-state index contributed by atoms with van der Waals surface area (Å²) in [5.41, 5.74) is 4.35. The Labute approximate surface area is 208 Å². The highest BCUT2D eigenvalue weighted by Gasteiger charge is 2.31. The molecule has 0 aliphatic heterocycles. The minimum atomic E-state index is -0.769. The van der Waals surface area contributed by atoms with Crippen LogP contribution < -0.4 is 5.32 Å². The number of nitrogens with zero attached hydrogens (tertiary/aromatic N) is 1. The third kappa shape index (κ3) is 7.78. The van der Waals surface area contributed by atoms with Gasteiger partial charge in [-0.05, 0) is 37.0 Å². The van der Waals surface area contributed by atoms with E-state index in [1.165, 1.54) is 6.07 Å². The molecule has 1 atom stereocenters. The van der Waals surface area contributed by atoms with Crippen LogP contribution in [0, 0.1) is 25.6 Å². The summed E-state index contributed by atoms with van der Waals surface area (Å²) in [7, 11) is 0. The highest BCUT2D eigenvalue weighted by atomic mass is 19.1. The molecular weight excluding hydrogens is 439 g/mol. The number of amides is 2. The van der Waals surface area contributed by atoms with Crippen molar-refractivity contribution in [1.29, 1.82) is 0 Å². The van der Waals surface area contributed by atoms with Crippen LogP contribution in [0.15, 0.2) is 72.8 Å². The van der Waals surface area contributed by atoms with Crippen molar-refractivity contribution in [3.05, 3.63) is 106 Å². The molecule has 2 amide bonds. The molecule has 35 heavy (non-hydrogen) atoms. The maximum atomic E-state index is 14.7. The summed E-state index contributed by atoms with van der Waals surface area (Å²) in [4.78, 5) is 28.7. The molecule has 0 radical (unpaired) electrons. The number of carbonyl (C=O) groups is 2. The molecule has 3 rings (SSSR count). The Bertz CT molecular complexity index is 1120. The summed E-state index contributed by atoms with van der Waals surface area (Å²) in [5.74, 6) is -0.563. The molecule has 0 fully saturated rings. The van der Waals surface area contributed by atoms with Gasteiger partial charge in [0.1, 0.15) is 11.9 Å². The molecule has 0 unspecified atom stereocenters. The van der Waals surface area contributed by atoms with Crippen molar-refractivity contribution in [3.63, 3.8) is 0 Å². The molecule has 184 valence electrons. The van der Waals surface area contributed by atoms with Crippen molar-refractivity contribution >= 4 is 11.8 Å². The zero-order chi connectivity index (χ0) is 25.4. The quantitative estimate of drug-likeness (QED) is 0.428. The third-order valence-electron chi connectivity index (χ3n) is 5.89. The first-order chi connectivity index (χ1) is 16.7. The number of rotatable bonds is 10. The predicted octanol–water partition coefficient (Wildman–Crippen LogP) is 5.40.